The number of anilines is 1. The zero-order chi connectivity index (χ0) is 16.6. The first-order valence-corrected chi connectivity index (χ1v) is 7.98. The molecular formula is C21H18FNO. The Labute approximate surface area is 141 Å². The number of nitrogens with zero attached hydrogens (tertiary/aromatic N) is 1. The minimum Gasteiger partial charge on any atom is -0.497 e. The lowest BCUT2D eigenvalue weighted by Gasteiger charge is -2.09. The summed E-state index contributed by atoms with van der Waals surface area (Å²) in [5, 5.41) is 0. The maximum Gasteiger partial charge on any atom is 0.234 e. The van der Waals surface area contributed by atoms with Gasteiger partial charge in [0.05, 0.1) is 7.11 Å². The summed E-state index contributed by atoms with van der Waals surface area (Å²) >= 11 is 0. The molecule has 120 valence electrons. The molecule has 0 bridgehead atoms. The summed E-state index contributed by atoms with van der Waals surface area (Å²) in [5.74, 6) is -0.758. The van der Waals surface area contributed by atoms with Gasteiger partial charge >= 0.3 is 0 Å². The van der Waals surface area contributed by atoms with E-state index in [0.29, 0.717) is 5.56 Å². The number of benzene rings is 3. The van der Waals surface area contributed by atoms with Gasteiger partial charge in [0.25, 0.3) is 0 Å². The number of rotatable bonds is 4. The van der Waals surface area contributed by atoms with E-state index in [-0.39, 0.29) is 6.04 Å². The van der Waals surface area contributed by atoms with Gasteiger partial charge in [0.2, 0.25) is 5.79 Å². The fourth-order valence-corrected chi connectivity index (χ4v) is 3.32. The van der Waals surface area contributed by atoms with Crippen molar-refractivity contribution in [3.8, 4) is 5.75 Å². The van der Waals surface area contributed by atoms with E-state index in [9.17, 15) is 0 Å². The van der Waals surface area contributed by atoms with Gasteiger partial charge in [0, 0.05) is 11.3 Å². The summed E-state index contributed by atoms with van der Waals surface area (Å²) in [6, 6.07) is 26.3. The lowest BCUT2D eigenvalue weighted by atomic mass is 10.0. The SMILES string of the molecule is COc1ccc(C2N(c3ccccc3)C2(F)c2ccccc2)cc1. The molecule has 1 aliphatic rings. The van der Waals surface area contributed by atoms with Crippen molar-refractivity contribution < 1.29 is 9.13 Å². The van der Waals surface area contributed by atoms with Crippen molar-refractivity contribution in [2.75, 3.05) is 12.0 Å². The van der Waals surface area contributed by atoms with Crippen molar-refractivity contribution in [3.63, 3.8) is 0 Å². The standard InChI is InChI=1S/C21H18FNO/c1-24-19-14-12-16(13-15-19)20-21(22,17-8-4-2-5-9-17)23(20)18-10-6-3-7-11-18/h2-15,20H,1H3. The lowest BCUT2D eigenvalue weighted by Crippen LogP contribution is -2.09. The zero-order valence-electron chi connectivity index (χ0n) is 13.4. The Kier molecular flexibility index (Phi) is 3.49. The number of hydrogen-bond acceptors (Lipinski definition) is 2. The van der Waals surface area contributed by atoms with Crippen LogP contribution in [0.4, 0.5) is 10.1 Å². The second-order valence-electron chi connectivity index (χ2n) is 5.92. The molecule has 24 heavy (non-hydrogen) atoms. The van der Waals surface area contributed by atoms with E-state index in [2.05, 4.69) is 0 Å². The summed E-state index contributed by atoms with van der Waals surface area (Å²) in [7, 11) is 1.63. The predicted molar refractivity (Wildman–Crippen MR) is 93.9 cm³/mol. The fraction of sp³-hybridized carbons (Fsp3) is 0.143. The Morgan fingerprint density at radius 3 is 2.00 bits per heavy atom. The monoisotopic (exact) mass is 319 g/mol. The highest BCUT2D eigenvalue weighted by Crippen LogP contribution is 2.63. The van der Waals surface area contributed by atoms with Crippen LogP contribution in [0.25, 0.3) is 0 Å². The van der Waals surface area contributed by atoms with Crippen LogP contribution in [0.5, 0.6) is 5.75 Å². The highest BCUT2D eigenvalue weighted by atomic mass is 19.2. The maximum atomic E-state index is 16.0. The molecule has 2 unspecified atom stereocenters. The minimum absolute atomic E-state index is 0.340. The summed E-state index contributed by atoms with van der Waals surface area (Å²) in [5.41, 5.74) is 2.49. The summed E-state index contributed by atoms with van der Waals surface area (Å²) < 4.78 is 21.2. The minimum atomic E-state index is -1.53. The molecule has 1 fully saturated rings. The Balaban J connectivity index is 1.78. The number of para-hydroxylation sites is 1. The van der Waals surface area contributed by atoms with Crippen LogP contribution in [0, 0.1) is 0 Å². The van der Waals surface area contributed by atoms with Gasteiger partial charge in [-0.15, -0.1) is 0 Å². The average molecular weight is 319 g/mol. The number of methoxy groups -OCH3 is 1. The maximum absolute atomic E-state index is 16.0. The van der Waals surface area contributed by atoms with E-state index in [0.717, 1.165) is 17.0 Å². The predicted octanol–water partition coefficient (Wildman–Crippen LogP) is 5.08. The number of halogens is 1. The molecule has 0 N–H and O–H groups in total. The average Bonchev–Trinajstić information content (AvgIpc) is 3.30. The Morgan fingerprint density at radius 1 is 0.833 bits per heavy atom. The Bertz CT molecular complexity index is 819. The second-order valence-corrected chi connectivity index (χ2v) is 5.92. The first kappa shape index (κ1) is 14.8. The molecule has 0 aliphatic carbocycles. The molecule has 2 nitrogen and oxygen atoms in total. The van der Waals surface area contributed by atoms with Crippen molar-refractivity contribution >= 4 is 5.69 Å². The molecule has 1 saturated heterocycles. The van der Waals surface area contributed by atoms with Crippen LogP contribution in [0.1, 0.15) is 17.2 Å². The number of alkyl halides is 1. The zero-order valence-corrected chi connectivity index (χ0v) is 13.4. The van der Waals surface area contributed by atoms with Crippen molar-refractivity contribution in [3.05, 3.63) is 96.1 Å². The molecule has 1 heterocycles. The van der Waals surface area contributed by atoms with E-state index in [4.69, 9.17) is 4.74 Å². The van der Waals surface area contributed by atoms with E-state index in [1.165, 1.54) is 0 Å². The van der Waals surface area contributed by atoms with Crippen LogP contribution in [0.2, 0.25) is 0 Å². The molecule has 3 aromatic rings. The topological polar surface area (TPSA) is 12.2 Å². The molecule has 1 aliphatic heterocycles. The van der Waals surface area contributed by atoms with Gasteiger partial charge in [0.15, 0.2) is 0 Å². The molecule has 0 amide bonds. The van der Waals surface area contributed by atoms with Crippen LogP contribution in [-0.2, 0) is 5.79 Å². The highest BCUT2D eigenvalue weighted by Gasteiger charge is 2.66. The van der Waals surface area contributed by atoms with Crippen LogP contribution in [0.15, 0.2) is 84.9 Å². The van der Waals surface area contributed by atoms with E-state index in [1.807, 2.05) is 89.8 Å². The molecule has 0 aromatic heterocycles. The van der Waals surface area contributed by atoms with Gasteiger partial charge in [-0.25, -0.2) is 4.39 Å². The van der Waals surface area contributed by atoms with E-state index >= 15 is 4.39 Å². The van der Waals surface area contributed by atoms with Gasteiger partial charge in [-0.05, 0) is 29.8 Å². The quantitative estimate of drug-likeness (QED) is 0.491. The summed E-state index contributed by atoms with van der Waals surface area (Å²) in [6.07, 6.45) is 0. The fourth-order valence-electron chi connectivity index (χ4n) is 3.32. The first-order chi connectivity index (χ1) is 11.7. The smallest absolute Gasteiger partial charge is 0.234 e. The van der Waals surface area contributed by atoms with Crippen molar-refractivity contribution in [1.29, 1.82) is 0 Å². The van der Waals surface area contributed by atoms with Gasteiger partial charge in [0.1, 0.15) is 11.8 Å². The van der Waals surface area contributed by atoms with Gasteiger partial charge in [-0.2, -0.15) is 0 Å². The Hall–Kier alpha value is -2.81. The van der Waals surface area contributed by atoms with Crippen molar-refractivity contribution in [1.82, 2.24) is 0 Å². The number of ether oxygens (including phenoxy) is 1. The van der Waals surface area contributed by atoms with E-state index in [1.54, 1.807) is 7.11 Å². The third-order valence-corrected chi connectivity index (χ3v) is 4.55. The molecule has 0 spiro atoms. The van der Waals surface area contributed by atoms with Gasteiger partial charge in [-0.1, -0.05) is 60.7 Å². The third kappa shape index (κ3) is 2.24. The highest BCUT2D eigenvalue weighted by molar-refractivity contribution is 5.64. The molecule has 0 radical (unpaired) electrons. The van der Waals surface area contributed by atoms with Crippen LogP contribution in [0.3, 0.4) is 0 Å². The van der Waals surface area contributed by atoms with E-state index < -0.39 is 5.79 Å². The molecular weight excluding hydrogens is 301 g/mol. The van der Waals surface area contributed by atoms with Crippen LogP contribution >= 0.6 is 0 Å². The largest absolute Gasteiger partial charge is 0.497 e. The lowest BCUT2D eigenvalue weighted by molar-refractivity contribution is 0.306. The van der Waals surface area contributed by atoms with Crippen LogP contribution < -0.4 is 9.64 Å². The van der Waals surface area contributed by atoms with Gasteiger partial charge < -0.3 is 9.64 Å². The second kappa shape index (κ2) is 5.68. The molecule has 0 saturated carbocycles. The number of hydrogen-bond donors (Lipinski definition) is 0. The first-order valence-electron chi connectivity index (χ1n) is 7.98. The van der Waals surface area contributed by atoms with Crippen LogP contribution in [-0.4, -0.2) is 7.11 Å². The molecule has 4 rings (SSSR count). The molecule has 2 atom stereocenters. The summed E-state index contributed by atoms with van der Waals surface area (Å²) in [4.78, 5) is 1.82. The van der Waals surface area contributed by atoms with Crippen molar-refractivity contribution in [2.24, 2.45) is 0 Å². The third-order valence-electron chi connectivity index (χ3n) is 4.55. The summed E-state index contributed by atoms with van der Waals surface area (Å²) in [6.45, 7) is 0. The van der Waals surface area contributed by atoms with Gasteiger partial charge in [-0.3, -0.25) is 0 Å². The molecule has 3 aromatic carbocycles. The van der Waals surface area contributed by atoms with Crippen molar-refractivity contribution in [2.45, 2.75) is 11.8 Å². The Morgan fingerprint density at radius 2 is 1.42 bits per heavy atom. The molecule has 3 heteroatoms. The normalized spacial score (nSPS) is 22.2.